The molecule has 1 atom stereocenters. The molecule has 2 aliphatic heterocycles. The zero-order valence-corrected chi connectivity index (χ0v) is 8.71. The minimum absolute atomic E-state index is 0.00329. The van der Waals surface area contributed by atoms with Crippen LogP contribution in [0, 0.1) is 5.92 Å². The van der Waals surface area contributed by atoms with E-state index in [1.54, 1.807) is 0 Å². The van der Waals surface area contributed by atoms with E-state index in [1.165, 1.54) is 0 Å². The molecule has 3 N–H and O–H groups in total. The molecule has 0 aliphatic carbocycles. The fraction of sp³-hybridized carbons (Fsp3) is 0.800. The van der Waals surface area contributed by atoms with Gasteiger partial charge in [-0.2, -0.15) is 0 Å². The lowest BCUT2D eigenvalue weighted by molar-refractivity contribution is -0.130. The van der Waals surface area contributed by atoms with Crippen LogP contribution in [0.1, 0.15) is 19.3 Å². The van der Waals surface area contributed by atoms with Gasteiger partial charge in [0, 0.05) is 13.0 Å². The van der Waals surface area contributed by atoms with Gasteiger partial charge < -0.3 is 16.0 Å². The van der Waals surface area contributed by atoms with Gasteiger partial charge >= 0.3 is 0 Å². The summed E-state index contributed by atoms with van der Waals surface area (Å²) >= 11 is 0. The van der Waals surface area contributed by atoms with E-state index in [-0.39, 0.29) is 17.9 Å². The van der Waals surface area contributed by atoms with Gasteiger partial charge in [-0.05, 0) is 31.8 Å². The number of carbonyl (C=O) groups is 2. The van der Waals surface area contributed by atoms with Crippen LogP contribution in [0.15, 0.2) is 0 Å². The van der Waals surface area contributed by atoms with Gasteiger partial charge in [-0.15, -0.1) is 0 Å². The van der Waals surface area contributed by atoms with Gasteiger partial charge in [-0.1, -0.05) is 0 Å². The van der Waals surface area contributed by atoms with Crippen LogP contribution in [0.25, 0.3) is 0 Å². The van der Waals surface area contributed by atoms with Crippen molar-refractivity contribution >= 4 is 11.8 Å². The summed E-state index contributed by atoms with van der Waals surface area (Å²) in [6, 6.07) is -0.306. The molecule has 2 aliphatic rings. The first kappa shape index (κ1) is 10.4. The molecule has 0 aromatic carbocycles. The maximum Gasteiger partial charge on any atom is 0.242 e. The van der Waals surface area contributed by atoms with Crippen molar-refractivity contribution in [1.29, 1.82) is 0 Å². The van der Waals surface area contributed by atoms with Gasteiger partial charge in [0.05, 0.1) is 0 Å². The normalized spacial score (nSPS) is 26.7. The minimum Gasteiger partial charge on any atom is -0.354 e. The highest BCUT2D eigenvalue weighted by molar-refractivity contribution is 5.88. The summed E-state index contributed by atoms with van der Waals surface area (Å²) in [4.78, 5) is 22.9. The molecule has 2 heterocycles. The van der Waals surface area contributed by atoms with Crippen molar-refractivity contribution in [3.05, 3.63) is 0 Å². The Morgan fingerprint density at radius 2 is 2.27 bits per heavy atom. The number of rotatable bonds is 3. The zero-order valence-electron chi connectivity index (χ0n) is 8.71. The molecule has 2 saturated heterocycles. The molecule has 2 fully saturated rings. The number of piperidine rings is 1. The van der Waals surface area contributed by atoms with Crippen LogP contribution < -0.4 is 16.0 Å². The fourth-order valence-electron chi connectivity index (χ4n) is 1.92. The van der Waals surface area contributed by atoms with Crippen molar-refractivity contribution in [2.75, 3.05) is 19.6 Å². The van der Waals surface area contributed by atoms with E-state index in [0.717, 1.165) is 32.5 Å². The summed E-state index contributed by atoms with van der Waals surface area (Å²) in [5, 5.41) is 8.66. The van der Waals surface area contributed by atoms with Crippen LogP contribution in [-0.2, 0) is 9.59 Å². The van der Waals surface area contributed by atoms with Crippen molar-refractivity contribution in [2.24, 2.45) is 5.92 Å². The van der Waals surface area contributed by atoms with Gasteiger partial charge in [-0.25, -0.2) is 0 Å². The smallest absolute Gasteiger partial charge is 0.242 e. The molecule has 1 unspecified atom stereocenters. The van der Waals surface area contributed by atoms with Crippen LogP contribution in [0.3, 0.4) is 0 Å². The quantitative estimate of drug-likeness (QED) is 0.560. The van der Waals surface area contributed by atoms with E-state index in [1.807, 2.05) is 0 Å². The highest BCUT2D eigenvalue weighted by Crippen LogP contribution is 2.09. The van der Waals surface area contributed by atoms with E-state index in [2.05, 4.69) is 16.0 Å². The van der Waals surface area contributed by atoms with E-state index in [0.29, 0.717) is 12.3 Å². The molecule has 0 saturated carbocycles. The first-order chi connectivity index (χ1) is 7.25. The Morgan fingerprint density at radius 1 is 1.47 bits per heavy atom. The summed E-state index contributed by atoms with van der Waals surface area (Å²) in [6.45, 7) is 2.58. The van der Waals surface area contributed by atoms with Crippen LogP contribution >= 0.6 is 0 Å². The highest BCUT2D eigenvalue weighted by atomic mass is 16.2. The second-order valence-electron chi connectivity index (χ2n) is 4.28. The Bertz CT molecular complexity index is 263. The minimum atomic E-state index is -0.306. The van der Waals surface area contributed by atoms with E-state index < -0.39 is 0 Å². The predicted molar refractivity (Wildman–Crippen MR) is 55.2 cm³/mol. The molecule has 84 valence electrons. The SMILES string of the molecule is O=C(CC1CNC1)NC1CCCNC1=O. The summed E-state index contributed by atoms with van der Waals surface area (Å²) < 4.78 is 0. The second kappa shape index (κ2) is 4.61. The number of hydrogen-bond acceptors (Lipinski definition) is 3. The van der Waals surface area contributed by atoms with Gasteiger partial charge in [0.15, 0.2) is 0 Å². The Hall–Kier alpha value is -1.10. The molecular formula is C10H17N3O2. The van der Waals surface area contributed by atoms with Gasteiger partial charge in [0.1, 0.15) is 6.04 Å². The number of hydrogen-bond donors (Lipinski definition) is 3. The van der Waals surface area contributed by atoms with Crippen LogP contribution in [-0.4, -0.2) is 37.5 Å². The van der Waals surface area contributed by atoms with E-state index >= 15 is 0 Å². The molecule has 5 heteroatoms. The second-order valence-corrected chi connectivity index (χ2v) is 4.28. The van der Waals surface area contributed by atoms with Gasteiger partial charge in [0.25, 0.3) is 0 Å². The summed E-state index contributed by atoms with van der Waals surface area (Å²) in [5.41, 5.74) is 0. The van der Waals surface area contributed by atoms with Crippen molar-refractivity contribution in [1.82, 2.24) is 16.0 Å². The molecule has 0 spiro atoms. The largest absolute Gasteiger partial charge is 0.354 e. The lowest BCUT2D eigenvalue weighted by Crippen LogP contribution is -2.52. The number of nitrogens with one attached hydrogen (secondary N) is 3. The standard InChI is InChI=1S/C10H17N3O2/c14-9(4-7-5-11-6-7)13-8-2-1-3-12-10(8)15/h7-8,11H,1-6H2,(H,12,15)(H,13,14). The molecule has 2 rings (SSSR count). The first-order valence-corrected chi connectivity index (χ1v) is 5.53. The molecule has 0 radical (unpaired) electrons. The topological polar surface area (TPSA) is 70.2 Å². The Morgan fingerprint density at radius 3 is 2.87 bits per heavy atom. The van der Waals surface area contributed by atoms with Crippen LogP contribution in [0.4, 0.5) is 0 Å². The highest BCUT2D eigenvalue weighted by Gasteiger charge is 2.26. The monoisotopic (exact) mass is 211 g/mol. The van der Waals surface area contributed by atoms with Crippen molar-refractivity contribution in [3.8, 4) is 0 Å². The van der Waals surface area contributed by atoms with Gasteiger partial charge in [-0.3, -0.25) is 9.59 Å². The molecule has 2 amide bonds. The predicted octanol–water partition coefficient (Wildman–Crippen LogP) is -1.01. The Labute approximate surface area is 89.0 Å². The third-order valence-electron chi connectivity index (χ3n) is 2.96. The van der Waals surface area contributed by atoms with Crippen molar-refractivity contribution in [3.63, 3.8) is 0 Å². The molecule has 5 nitrogen and oxygen atoms in total. The zero-order chi connectivity index (χ0) is 10.7. The number of amides is 2. The van der Waals surface area contributed by atoms with Crippen LogP contribution in [0.5, 0.6) is 0 Å². The van der Waals surface area contributed by atoms with E-state index in [4.69, 9.17) is 0 Å². The third kappa shape index (κ3) is 2.68. The van der Waals surface area contributed by atoms with Crippen molar-refractivity contribution < 1.29 is 9.59 Å². The van der Waals surface area contributed by atoms with Crippen molar-refractivity contribution in [2.45, 2.75) is 25.3 Å². The van der Waals surface area contributed by atoms with Crippen LogP contribution in [0.2, 0.25) is 0 Å². The van der Waals surface area contributed by atoms with E-state index in [9.17, 15) is 9.59 Å². The number of carbonyl (C=O) groups excluding carboxylic acids is 2. The maximum atomic E-state index is 11.5. The average Bonchev–Trinajstić information content (AvgIpc) is 2.16. The fourth-order valence-corrected chi connectivity index (χ4v) is 1.92. The third-order valence-corrected chi connectivity index (χ3v) is 2.96. The summed E-state index contributed by atoms with van der Waals surface area (Å²) in [6.07, 6.45) is 2.25. The first-order valence-electron chi connectivity index (χ1n) is 5.53. The lowest BCUT2D eigenvalue weighted by Gasteiger charge is -2.28. The maximum absolute atomic E-state index is 11.5. The Kier molecular flexibility index (Phi) is 3.20. The molecule has 0 bridgehead atoms. The average molecular weight is 211 g/mol. The lowest BCUT2D eigenvalue weighted by atomic mass is 9.98. The molecule has 0 aromatic heterocycles. The summed E-state index contributed by atoms with van der Waals surface area (Å²) in [7, 11) is 0. The Balaban J connectivity index is 1.74. The molecule has 0 aromatic rings. The summed E-state index contributed by atoms with van der Waals surface area (Å²) in [5.74, 6) is 0.418. The molecule has 15 heavy (non-hydrogen) atoms. The molecular weight excluding hydrogens is 194 g/mol. The van der Waals surface area contributed by atoms with Gasteiger partial charge in [0.2, 0.25) is 11.8 Å².